The molecule has 0 aliphatic rings. The Bertz CT molecular complexity index is 778. The molecule has 2 amide bonds. The standard InChI is InChI=1S/C18H18ClN3O3/c19-15-8-3-2-7-14(15)18(25)20-11-5-10-17(24)22-21-12-13-6-1-4-9-16(13)23/h1-4,6-9,12,23H,5,10-11H2,(H,20,25)(H,22,24). The second-order valence-electron chi connectivity index (χ2n) is 5.19. The molecule has 0 spiro atoms. The number of aromatic hydroxyl groups is 1. The van der Waals surface area contributed by atoms with E-state index in [0.717, 1.165) is 0 Å². The van der Waals surface area contributed by atoms with Crippen LogP contribution in [0.4, 0.5) is 0 Å². The number of phenols is 1. The van der Waals surface area contributed by atoms with Crippen LogP contribution in [-0.4, -0.2) is 29.7 Å². The number of benzene rings is 2. The highest BCUT2D eigenvalue weighted by molar-refractivity contribution is 6.33. The maximum absolute atomic E-state index is 11.9. The maximum atomic E-state index is 11.9. The Kier molecular flexibility index (Phi) is 6.98. The summed E-state index contributed by atoms with van der Waals surface area (Å²) in [4.78, 5) is 23.6. The maximum Gasteiger partial charge on any atom is 0.252 e. The Morgan fingerprint density at radius 1 is 1.12 bits per heavy atom. The van der Waals surface area contributed by atoms with Gasteiger partial charge in [0.2, 0.25) is 5.91 Å². The number of halogens is 1. The summed E-state index contributed by atoms with van der Waals surface area (Å²) in [5, 5.41) is 16.4. The molecule has 0 saturated carbocycles. The van der Waals surface area contributed by atoms with Crippen LogP contribution >= 0.6 is 11.6 Å². The van der Waals surface area contributed by atoms with E-state index < -0.39 is 0 Å². The van der Waals surface area contributed by atoms with E-state index in [0.29, 0.717) is 29.1 Å². The van der Waals surface area contributed by atoms with Gasteiger partial charge in [-0.05, 0) is 30.7 Å². The average Bonchev–Trinajstić information content (AvgIpc) is 2.60. The molecule has 0 unspecified atom stereocenters. The predicted molar refractivity (Wildman–Crippen MR) is 96.9 cm³/mol. The topological polar surface area (TPSA) is 90.8 Å². The van der Waals surface area contributed by atoms with Gasteiger partial charge in [0.05, 0.1) is 16.8 Å². The first-order chi connectivity index (χ1) is 12.1. The van der Waals surface area contributed by atoms with Crippen molar-refractivity contribution in [1.82, 2.24) is 10.7 Å². The number of phenolic OH excluding ortho intramolecular Hbond substituents is 1. The third-order valence-electron chi connectivity index (χ3n) is 3.31. The third kappa shape index (κ3) is 5.93. The molecule has 0 fully saturated rings. The van der Waals surface area contributed by atoms with Crippen LogP contribution in [0.3, 0.4) is 0 Å². The SMILES string of the molecule is O=C(CCCNC(=O)c1ccccc1Cl)NN=Cc1ccccc1O. The van der Waals surface area contributed by atoms with Gasteiger partial charge >= 0.3 is 0 Å². The fraction of sp³-hybridized carbons (Fsp3) is 0.167. The van der Waals surface area contributed by atoms with Crippen LogP contribution in [0, 0.1) is 0 Å². The lowest BCUT2D eigenvalue weighted by molar-refractivity contribution is -0.121. The number of para-hydroxylation sites is 1. The van der Waals surface area contributed by atoms with Gasteiger partial charge in [0.15, 0.2) is 0 Å². The van der Waals surface area contributed by atoms with Crippen LogP contribution in [0.5, 0.6) is 5.75 Å². The number of hydrogen-bond acceptors (Lipinski definition) is 4. The zero-order valence-electron chi connectivity index (χ0n) is 13.4. The summed E-state index contributed by atoms with van der Waals surface area (Å²) in [6.45, 7) is 0.348. The summed E-state index contributed by atoms with van der Waals surface area (Å²) >= 11 is 5.94. The van der Waals surface area contributed by atoms with E-state index >= 15 is 0 Å². The summed E-state index contributed by atoms with van der Waals surface area (Å²) in [6.07, 6.45) is 2.04. The molecule has 0 saturated heterocycles. The highest BCUT2D eigenvalue weighted by Gasteiger charge is 2.08. The van der Waals surface area contributed by atoms with E-state index in [4.69, 9.17) is 11.6 Å². The number of nitrogens with one attached hydrogen (secondary N) is 2. The Morgan fingerprint density at radius 3 is 2.60 bits per heavy atom. The Balaban J connectivity index is 1.68. The molecule has 2 aromatic rings. The fourth-order valence-electron chi connectivity index (χ4n) is 2.02. The van der Waals surface area contributed by atoms with Gasteiger partial charge in [0.25, 0.3) is 5.91 Å². The molecule has 0 heterocycles. The van der Waals surface area contributed by atoms with Crippen LogP contribution < -0.4 is 10.7 Å². The van der Waals surface area contributed by atoms with Crippen molar-refractivity contribution in [3.05, 3.63) is 64.7 Å². The first kappa shape index (κ1) is 18.5. The first-order valence-electron chi connectivity index (χ1n) is 7.70. The van der Waals surface area contributed by atoms with Gasteiger partial charge in [-0.2, -0.15) is 5.10 Å². The third-order valence-corrected chi connectivity index (χ3v) is 3.64. The van der Waals surface area contributed by atoms with Crippen molar-refractivity contribution in [2.45, 2.75) is 12.8 Å². The molecule has 0 bridgehead atoms. The van der Waals surface area contributed by atoms with Gasteiger partial charge in [-0.15, -0.1) is 0 Å². The number of carbonyl (C=O) groups is 2. The number of carbonyl (C=O) groups excluding carboxylic acids is 2. The molecule has 2 aromatic carbocycles. The number of nitrogens with zero attached hydrogens (tertiary/aromatic N) is 1. The van der Waals surface area contributed by atoms with Crippen LogP contribution in [-0.2, 0) is 4.79 Å². The fourth-order valence-corrected chi connectivity index (χ4v) is 2.24. The summed E-state index contributed by atoms with van der Waals surface area (Å²) < 4.78 is 0. The van der Waals surface area contributed by atoms with E-state index in [1.54, 1.807) is 42.5 Å². The highest BCUT2D eigenvalue weighted by atomic mass is 35.5. The Hall–Kier alpha value is -2.86. The van der Waals surface area contributed by atoms with Crippen LogP contribution in [0.1, 0.15) is 28.8 Å². The van der Waals surface area contributed by atoms with E-state index in [2.05, 4.69) is 15.8 Å². The van der Waals surface area contributed by atoms with E-state index in [1.807, 2.05) is 0 Å². The summed E-state index contributed by atoms with van der Waals surface area (Å²) in [5.41, 5.74) is 3.29. The molecular formula is C18H18ClN3O3. The Labute approximate surface area is 150 Å². The normalized spacial score (nSPS) is 10.6. The molecule has 0 radical (unpaired) electrons. The van der Waals surface area contributed by atoms with Crippen LogP contribution in [0.25, 0.3) is 0 Å². The number of amides is 2. The smallest absolute Gasteiger partial charge is 0.252 e. The lowest BCUT2D eigenvalue weighted by Gasteiger charge is -2.06. The van der Waals surface area contributed by atoms with E-state index in [-0.39, 0.29) is 24.0 Å². The second kappa shape index (κ2) is 9.44. The monoisotopic (exact) mass is 359 g/mol. The minimum atomic E-state index is -0.279. The van der Waals surface area contributed by atoms with Gasteiger partial charge in [-0.1, -0.05) is 35.9 Å². The zero-order valence-corrected chi connectivity index (χ0v) is 14.2. The molecule has 7 heteroatoms. The molecule has 3 N–H and O–H groups in total. The quantitative estimate of drug-likeness (QED) is 0.403. The van der Waals surface area contributed by atoms with Gasteiger partial charge < -0.3 is 10.4 Å². The molecule has 6 nitrogen and oxygen atoms in total. The molecule has 0 aliphatic heterocycles. The number of hydrazone groups is 1. The van der Waals surface area contributed by atoms with Crippen molar-refractivity contribution in [1.29, 1.82) is 0 Å². The van der Waals surface area contributed by atoms with Gasteiger partial charge in [0.1, 0.15) is 5.75 Å². The molecular weight excluding hydrogens is 342 g/mol. The molecule has 25 heavy (non-hydrogen) atoms. The van der Waals surface area contributed by atoms with Crippen molar-refractivity contribution < 1.29 is 14.7 Å². The van der Waals surface area contributed by atoms with Gasteiger partial charge in [-0.3, -0.25) is 9.59 Å². The average molecular weight is 360 g/mol. The molecule has 0 atom stereocenters. The molecule has 130 valence electrons. The summed E-state index contributed by atoms with van der Waals surface area (Å²) in [7, 11) is 0. The lowest BCUT2D eigenvalue weighted by atomic mass is 10.2. The molecule has 0 aliphatic carbocycles. The first-order valence-corrected chi connectivity index (χ1v) is 8.08. The van der Waals surface area contributed by atoms with Crippen molar-refractivity contribution in [2.24, 2.45) is 5.10 Å². The van der Waals surface area contributed by atoms with E-state index in [9.17, 15) is 14.7 Å². The highest BCUT2D eigenvalue weighted by Crippen LogP contribution is 2.14. The Morgan fingerprint density at radius 2 is 1.84 bits per heavy atom. The minimum Gasteiger partial charge on any atom is -0.507 e. The lowest BCUT2D eigenvalue weighted by Crippen LogP contribution is -2.26. The number of hydrogen-bond donors (Lipinski definition) is 3. The second-order valence-corrected chi connectivity index (χ2v) is 5.60. The molecule has 2 rings (SSSR count). The van der Waals surface area contributed by atoms with Crippen LogP contribution in [0.15, 0.2) is 53.6 Å². The minimum absolute atomic E-state index is 0.0859. The van der Waals surface area contributed by atoms with Crippen molar-refractivity contribution in [2.75, 3.05) is 6.54 Å². The summed E-state index contributed by atoms with van der Waals surface area (Å²) in [5.74, 6) is -0.468. The van der Waals surface area contributed by atoms with Gasteiger partial charge in [0, 0.05) is 18.5 Å². The number of rotatable bonds is 7. The summed E-state index contributed by atoms with van der Waals surface area (Å²) in [6, 6.07) is 13.4. The predicted octanol–water partition coefficient (Wildman–Crippen LogP) is 2.71. The molecule has 0 aromatic heterocycles. The van der Waals surface area contributed by atoms with Crippen molar-refractivity contribution in [3.8, 4) is 5.75 Å². The van der Waals surface area contributed by atoms with Crippen molar-refractivity contribution in [3.63, 3.8) is 0 Å². The largest absolute Gasteiger partial charge is 0.507 e. The zero-order chi connectivity index (χ0) is 18.1. The van der Waals surface area contributed by atoms with E-state index in [1.165, 1.54) is 12.3 Å². The van der Waals surface area contributed by atoms with Crippen molar-refractivity contribution >= 4 is 29.6 Å². The van der Waals surface area contributed by atoms with Gasteiger partial charge in [-0.25, -0.2) is 5.43 Å². The van der Waals surface area contributed by atoms with Crippen LogP contribution in [0.2, 0.25) is 5.02 Å².